The Hall–Kier alpha value is -1.84. The highest BCUT2D eigenvalue weighted by Gasteiger charge is 2.05. The van der Waals surface area contributed by atoms with Crippen LogP contribution in [0.3, 0.4) is 0 Å². The second kappa shape index (κ2) is 7.68. The minimum Gasteiger partial charge on any atom is -0.372 e. The molecular formula is C16H23N3O. The molecule has 1 aliphatic rings. The predicted molar refractivity (Wildman–Crippen MR) is 82.3 cm³/mol. The topological polar surface area (TPSA) is 53.5 Å². The van der Waals surface area contributed by atoms with E-state index in [0.717, 1.165) is 30.9 Å². The van der Waals surface area contributed by atoms with Gasteiger partial charge in [-0.2, -0.15) is 0 Å². The minimum atomic E-state index is -0.0189. The molecular weight excluding hydrogens is 250 g/mol. The van der Waals surface area contributed by atoms with Gasteiger partial charge in [-0.15, -0.1) is 0 Å². The Balaban J connectivity index is 1.69. The van der Waals surface area contributed by atoms with Gasteiger partial charge >= 0.3 is 0 Å². The Kier molecular flexibility index (Phi) is 5.59. The molecule has 4 nitrogen and oxygen atoms in total. The van der Waals surface area contributed by atoms with E-state index in [0.29, 0.717) is 12.1 Å². The average molecular weight is 273 g/mol. The number of rotatable bonds is 4. The molecule has 2 N–H and O–H groups in total. The first kappa shape index (κ1) is 14.6. The molecule has 0 aliphatic carbocycles. The molecule has 2 rings (SSSR count). The predicted octanol–water partition coefficient (Wildman–Crippen LogP) is 2.29. The first-order valence-corrected chi connectivity index (χ1v) is 7.38. The summed E-state index contributed by atoms with van der Waals surface area (Å²) in [7, 11) is 0. The Bertz CT molecular complexity index is 465. The summed E-state index contributed by atoms with van der Waals surface area (Å²) in [6, 6.07) is 7.61. The highest BCUT2D eigenvalue weighted by Crippen LogP contribution is 2.05. The Morgan fingerprint density at radius 2 is 1.95 bits per heavy atom. The largest absolute Gasteiger partial charge is 0.372 e. The van der Waals surface area contributed by atoms with Gasteiger partial charge in [0, 0.05) is 31.6 Å². The van der Waals surface area contributed by atoms with Gasteiger partial charge in [0.1, 0.15) is 0 Å². The highest BCUT2D eigenvalue weighted by molar-refractivity contribution is 5.94. The molecule has 1 amide bonds. The molecule has 0 bridgehead atoms. The number of nitrogens with one attached hydrogen (secondary N) is 2. The summed E-state index contributed by atoms with van der Waals surface area (Å²) >= 11 is 0. The van der Waals surface area contributed by atoms with Crippen LogP contribution in [0.4, 0.5) is 0 Å². The van der Waals surface area contributed by atoms with Crippen molar-refractivity contribution in [2.45, 2.75) is 32.6 Å². The van der Waals surface area contributed by atoms with Crippen molar-refractivity contribution in [3.05, 3.63) is 35.4 Å². The monoisotopic (exact) mass is 273 g/mol. The van der Waals surface area contributed by atoms with Crippen molar-refractivity contribution >= 4 is 11.7 Å². The summed E-state index contributed by atoms with van der Waals surface area (Å²) in [6.07, 6.45) is 4.70. The molecule has 0 aromatic heterocycles. The van der Waals surface area contributed by atoms with E-state index in [2.05, 4.69) is 15.6 Å². The van der Waals surface area contributed by atoms with Gasteiger partial charge in [-0.05, 0) is 31.9 Å². The van der Waals surface area contributed by atoms with Crippen LogP contribution in [0.5, 0.6) is 0 Å². The van der Waals surface area contributed by atoms with Crippen molar-refractivity contribution in [2.75, 3.05) is 19.6 Å². The molecule has 108 valence electrons. The molecule has 1 aromatic rings. The third-order valence-corrected chi connectivity index (χ3v) is 3.43. The van der Waals surface area contributed by atoms with Crippen molar-refractivity contribution in [3.8, 4) is 0 Å². The lowest BCUT2D eigenvalue weighted by Crippen LogP contribution is -2.34. The summed E-state index contributed by atoms with van der Waals surface area (Å²) in [5, 5.41) is 6.23. The molecule has 1 aromatic carbocycles. The fourth-order valence-corrected chi connectivity index (χ4v) is 2.21. The highest BCUT2D eigenvalue weighted by atomic mass is 16.1. The molecule has 20 heavy (non-hydrogen) atoms. The van der Waals surface area contributed by atoms with Crippen molar-refractivity contribution in [1.82, 2.24) is 10.6 Å². The van der Waals surface area contributed by atoms with E-state index in [1.54, 1.807) is 0 Å². The summed E-state index contributed by atoms with van der Waals surface area (Å²) in [4.78, 5) is 16.4. The van der Waals surface area contributed by atoms with E-state index in [4.69, 9.17) is 0 Å². The quantitative estimate of drug-likeness (QED) is 0.827. The molecule has 0 saturated carbocycles. The molecule has 0 spiro atoms. The number of aryl methyl sites for hydroxylation is 1. The van der Waals surface area contributed by atoms with Gasteiger partial charge < -0.3 is 10.6 Å². The molecule has 0 fully saturated rings. The van der Waals surface area contributed by atoms with E-state index >= 15 is 0 Å². The average Bonchev–Trinajstić information content (AvgIpc) is 2.73. The SMILES string of the molecule is Cc1ccc(C(=O)NCCNC2=NCCCCC2)cc1. The van der Waals surface area contributed by atoms with Crippen LogP contribution in [0.15, 0.2) is 29.3 Å². The first-order valence-electron chi connectivity index (χ1n) is 7.38. The second-order valence-corrected chi connectivity index (χ2v) is 5.19. The lowest BCUT2D eigenvalue weighted by Gasteiger charge is -2.09. The molecule has 0 radical (unpaired) electrons. The van der Waals surface area contributed by atoms with Crippen LogP contribution >= 0.6 is 0 Å². The Morgan fingerprint density at radius 1 is 1.15 bits per heavy atom. The van der Waals surface area contributed by atoms with Crippen molar-refractivity contribution in [3.63, 3.8) is 0 Å². The normalized spacial score (nSPS) is 15.2. The van der Waals surface area contributed by atoms with Gasteiger partial charge in [0.15, 0.2) is 0 Å². The number of amidine groups is 1. The third-order valence-electron chi connectivity index (χ3n) is 3.43. The van der Waals surface area contributed by atoms with Gasteiger partial charge in [-0.25, -0.2) is 0 Å². The number of hydrogen-bond acceptors (Lipinski definition) is 3. The zero-order valence-corrected chi connectivity index (χ0v) is 12.1. The van der Waals surface area contributed by atoms with E-state index in [9.17, 15) is 4.79 Å². The Labute approximate surface area is 120 Å². The van der Waals surface area contributed by atoms with Crippen LogP contribution in [-0.4, -0.2) is 31.4 Å². The minimum absolute atomic E-state index is 0.0189. The van der Waals surface area contributed by atoms with E-state index in [1.807, 2.05) is 31.2 Å². The molecule has 1 heterocycles. The maximum atomic E-state index is 11.9. The second-order valence-electron chi connectivity index (χ2n) is 5.19. The number of carbonyl (C=O) groups excluding carboxylic acids is 1. The lowest BCUT2D eigenvalue weighted by molar-refractivity contribution is 0.0954. The smallest absolute Gasteiger partial charge is 0.251 e. The van der Waals surface area contributed by atoms with Crippen LogP contribution in [0.1, 0.15) is 41.6 Å². The number of nitrogens with zero attached hydrogens (tertiary/aromatic N) is 1. The molecule has 0 saturated heterocycles. The van der Waals surface area contributed by atoms with Crippen LogP contribution in [0.25, 0.3) is 0 Å². The summed E-state index contributed by atoms with van der Waals surface area (Å²) in [6.45, 7) is 4.29. The number of hydrogen-bond donors (Lipinski definition) is 2. The van der Waals surface area contributed by atoms with Gasteiger partial charge in [0.2, 0.25) is 0 Å². The maximum absolute atomic E-state index is 11.9. The van der Waals surface area contributed by atoms with Crippen LogP contribution < -0.4 is 10.6 Å². The van der Waals surface area contributed by atoms with Crippen LogP contribution in [0.2, 0.25) is 0 Å². The van der Waals surface area contributed by atoms with E-state index in [1.165, 1.54) is 19.3 Å². The number of aliphatic imine (C=N–C) groups is 1. The van der Waals surface area contributed by atoms with Crippen LogP contribution in [-0.2, 0) is 0 Å². The van der Waals surface area contributed by atoms with Gasteiger partial charge in [-0.1, -0.05) is 24.1 Å². The van der Waals surface area contributed by atoms with Crippen molar-refractivity contribution < 1.29 is 4.79 Å². The number of amides is 1. The third kappa shape index (κ3) is 4.68. The van der Waals surface area contributed by atoms with Gasteiger partial charge in [0.25, 0.3) is 5.91 Å². The lowest BCUT2D eigenvalue weighted by atomic mass is 10.1. The zero-order chi connectivity index (χ0) is 14.2. The van der Waals surface area contributed by atoms with Crippen molar-refractivity contribution in [2.24, 2.45) is 4.99 Å². The van der Waals surface area contributed by atoms with Crippen LogP contribution in [0, 0.1) is 6.92 Å². The van der Waals surface area contributed by atoms with Gasteiger partial charge in [-0.3, -0.25) is 9.79 Å². The zero-order valence-electron chi connectivity index (χ0n) is 12.1. The maximum Gasteiger partial charge on any atom is 0.251 e. The molecule has 0 unspecified atom stereocenters. The summed E-state index contributed by atoms with van der Waals surface area (Å²) in [5.41, 5.74) is 1.87. The fraction of sp³-hybridized carbons (Fsp3) is 0.500. The standard InChI is InChI=1S/C16H23N3O/c1-13-6-8-14(9-7-13)16(20)19-12-11-18-15-5-3-2-4-10-17-15/h6-9H,2-5,10-12H2,1H3,(H,17,18)(H,19,20). The van der Waals surface area contributed by atoms with E-state index < -0.39 is 0 Å². The summed E-state index contributed by atoms with van der Waals surface area (Å²) < 4.78 is 0. The first-order chi connectivity index (χ1) is 9.75. The molecule has 0 atom stereocenters. The fourth-order valence-electron chi connectivity index (χ4n) is 2.21. The Morgan fingerprint density at radius 3 is 2.75 bits per heavy atom. The summed E-state index contributed by atoms with van der Waals surface area (Å²) in [5.74, 6) is 1.07. The van der Waals surface area contributed by atoms with Gasteiger partial charge in [0.05, 0.1) is 5.84 Å². The number of benzene rings is 1. The van der Waals surface area contributed by atoms with E-state index in [-0.39, 0.29) is 5.91 Å². The van der Waals surface area contributed by atoms with Crippen molar-refractivity contribution in [1.29, 1.82) is 0 Å². The number of carbonyl (C=O) groups is 1. The molecule has 1 aliphatic heterocycles. The molecule has 4 heteroatoms.